The van der Waals surface area contributed by atoms with Crippen molar-refractivity contribution in [1.29, 1.82) is 0 Å². The lowest BCUT2D eigenvalue weighted by atomic mass is 10.1. The van der Waals surface area contributed by atoms with Crippen molar-refractivity contribution in [2.24, 2.45) is 0 Å². The first-order chi connectivity index (χ1) is 16.0. The van der Waals surface area contributed by atoms with E-state index < -0.39 is 6.10 Å². The third-order valence-corrected chi connectivity index (χ3v) is 5.79. The zero-order valence-corrected chi connectivity index (χ0v) is 19.5. The lowest BCUT2D eigenvalue weighted by Crippen LogP contribution is -2.35. The van der Waals surface area contributed by atoms with E-state index in [2.05, 4.69) is 22.5 Å². The van der Waals surface area contributed by atoms with Crippen LogP contribution in [0, 0.1) is 12.3 Å². The van der Waals surface area contributed by atoms with Crippen LogP contribution in [-0.4, -0.2) is 66.6 Å². The standard InChI is InChI=1S/C24H27N3O5S/c1-5-9-27(12-17(28)14-32-10-6-2)13-21-25-23(29)22-18(15-33-24(22)26-21)16-7-8-19(30-3)20(11-16)31-4/h2,5,7-8,11,15,17,28H,1,9-10,12-14H2,3-4H3,(H,25,26,29). The number of terminal acetylenes is 1. The van der Waals surface area contributed by atoms with Gasteiger partial charge < -0.3 is 24.3 Å². The molecule has 2 N–H and O–H groups in total. The van der Waals surface area contributed by atoms with Crippen LogP contribution in [0.25, 0.3) is 21.3 Å². The fraction of sp³-hybridized carbons (Fsp3) is 0.333. The average molecular weight is 470 g/mol. The molecule has 0 aliphatic rings. The quantitative estimate of drug-likeness (QED) is 0.239. The number of nitrogens with zero attached hydrogens (tertiary/aromatic N) is 2. The number of rotatable bonds is 12. The second kappa shape index (κ2) is 11.6. The van der Waals surface area contributed by atoms with Gasteiger partial charge in [0.15, 0.2) is 11.5 Å². The largest absolute Gasteiger partial charge is 0.493 e. The molecule has 9 heteroatoms. The van der Waals surface area contributed by atoms with Gasteiger partial charge in [0.2, 0.25) is 0 Å². The average Bonchev–Trinajstić information content (AvgIpc) is 3.23. The molecule has 0 aliphatic heterocycles. The third kappa shape index (κ3) is 6.00. The molecule has 1 aromatic carbocycles. The van der Waals surface area contributed by atoms with E-state index in [0.717, 1.165) is 11.1 Å². The van der Waals surface area contributed by atoms with Gasteiger partial charge in [-0.05, 0) is 17.7 Å². The molecule has 0 saturated heterocycles. The van der Waals surface area contributed by atoms with Gasteiger partial charge in [-0.15, -0.1) is 24.3 Å². The van der Waals surface area contributed by atoms with E-state index in [1.165, 1.54) is 11.3 Å². The van der Waals surface area contributed by atoms with E-state index in [-0.39, 0.29) is 18.8 Å². The summed E-state index contributed by atoms with van der Waals surface area (Å²) in [6, 6.07) is 5.52. The molecule has 3 aromatic rings. The highest BCUT2D eigenvalue weighted by Crippen LogP contribution is 2.36. The van der Waals surface area contributed by atoms with Crippen molar-refractivity contribution in [2.45, 2.75) is 12.6 Å². The Morgan fingerprint density at radius 1 is 1.36 bits per heavy atom. The molecule has 0 amide bonds. The summed E-state index contributed by atoms with van der Waals surface area (Å²) in [6.45, 7) is 5.20. The first kappa shape index (κ1) is 24.5. The molecule has 0 spiro atoms. The maximum Gasteiger partial charge on any atom is 0.260 e. The minimum Gasteiger partial charge on any atom is -0.493 e. The molecule has 8 nitrogen and oxygen atoms in total. The summed E-state index contributed by atoms with van der Waals surface area (Å²) in [4.78, 5) is 23.1. The van der Waals surface area contributed by atoms with Crippen LogP contribution < -0.4 is 15.0 Å². The lowest BCUT2D eigenvalue weighted by Gasteiger charge is -2.23. The van der Waals surface area contributed by atoms with E-state index in [9.17, 15) is 9.90 Å². The summed E-state index contributed by atoms with van der Waals surface area (Å²) in [6.07, 6.45) is 6.16. The Morgan fingerprint density at radius 2 is 2.15 bits per heavy atom. The number of aromatic nitrogens is 2. The highest BCUT2D eigenvalue weighted by atomic mass is 32.1. The van der Waals surface area contributed by atoms with Gasteiger partial charge in [0, 0.05) is 24.0 Å². The molecular weight excluding hydrogens is 442 g/mol. The highest BCUT2D eigenvalue weighted by molar-refractivity contribution is 7.17. The van der Waals surface area contributed by atoms with Crippen LogP contribution in [0.3, 0.4) is 0 Å². The number of thiophene rings is 1. The molecule has 0 bridgehead atoms. The highest BCUT2D eigenvalue weighted by Gasteiger charge is 2.17. The summed E-state index contributed by atoms with van der Waals surface area (Å²) < 4.78 is 15.9. The van der Waals surface area contributed by atoms with Gasteiger partial charge in [-0.2, -0.15) is 0 Å². The summed E-state index contributed by atoms with van der Waals surface area (Å²) in [7, 11) is 3.15. The minimum atomic E-state index is -0.729. The first-order valence-electron chi connectivity index (χ1n) is 10.3. The van der Waals surface area contributed by atoms with Crippen LogP contribution in [-0.2, 0) is 11.3 Å². The first-order valence-corrected chi connectivity index (χ1v) is 11.1. The van der Waals surface area contributed by atoms with Crippen LogP contribution in [0.4, 0.5) is 0 Å². The van der Waals surface area contributed by atoms with Crippen LogP contribution >= 0.6 is 11.3 Å². The maximum absolute atomic E-state index is 13.0. The second-order valence-electron chi connectivity index (χ2n) is 7.27. The topological polar surface area (TPSA) is 96.9 Å². The van der Waals surface area contributed by atoms with Crippen molar-refractivity contribution in [1.82, 2.24) is 14.9 Å². The Hall–Kier alpha value is -3.16. The predicted octanol–water partition coefficient (Wildman–Crippen LogP) is 2.67. The van der Waals surface area contributed by atoms with Gasteiger partial charge >= 0.3 is 0 Å². The predicted molar refractivity (Wildman–Crippen MR) is 130 cm³/mol. The van der Waals surface area contributed by atoms with Gasteiger partial charge in [-0.3, -0.25) is 9.69 Å². The van der Waals surface area contributed by atoms with Crippen LogP contribution in [0.2, 0.25) is 0 Å². The molecule has 0 radical (unpaired) electrons. The van der Waals surface area contributed by atoms with E-state index in [1.54, 1.807) is 26.4 Å². The van der Waals surface area contributed by atoms with E-state index in [0.29, 0.717) is 47.2 Å². The fourth-order valence-corrected chi connectivity index (χ4v) is 4.45. The molecule has 1 unspecified atom stereocenters. The molecule has 0 saturated carbocycles. The number of hydrogen-bond acceptors (Lipinski definition) is 8. The number of aromatic amines is 1. The van der Waals surface area contributed by atoms with Gasteiger partial charge in [0.25, 0.3) is 5.56 Å². The number of nitrogens with one attached hydrogen (secondary N) is 1. The number of benzene rings is 1. The zero-order chi connectivity index (χ0) is 23.8. The van der Waals surface area contributed by atoms with Crippen LogP contribution in [0.15, 0.2) is 41.0 Å². The number of methoxy groups -OCH3 is 2. The van der Waals surface area contributed by atoms with Crippen molar-refractivity contribution in [3.63, 3.8) is 0 Å². The van der Waals surface area contributed by atoms with Gasteiger partial charge in [0.05, 0.1) is 38.9 Å². The smallest absolute Gasteiger partial charge is 0.260 e. The molecule has 2 heterocycles. The number of ether oxygens (including phenoxy) is 3. The normalized spacial score (nSPS) is 12.0. The number of aliphatic hydroxyl groups excluding tert-OH is 1. The van der Waals surface area contributed by atoms with Crippen LogP contribution in [0.5, 0.6) is 11.5 Å². The maximum atomic E-state index is 13.0. The molecule has 0 aliphatic carbocycles. The van der Waals surface area contributed by atoms with Crippen LogP contribution in [0.1, 0.15) is 5.82 Å². The summed E-state index contributed by atoms with van der Waals surface area (Å²) in [5.74, 6) is 4.07. The van der Waals surface area contributed by atoms with Crippen molar-refractivity contribution >= 4 is 21.6 Å². The molecule has 1 atom stereocenters. The van der Waals surface area contributed by atoms with Crippen molar-refractivity contribution in [3.05, 3.63) is 52.4 Å². The SMILES string of the molecule is C#CCOCC(O)CN(CC=C)Cc1nc2scc(-c3ccc(OC)c(OC)c3)c2c(=O)[nH]1. The summed E-state index contributed by atoms with van der Waals surface area (Å²) in [5.41, 5.74) is 1.39. The van der Waals surface area contributed by atoms with E-state index in [1.807, 2.05) is 22.4 Å². The van der Waals surface area contributed by atoms with Crippen molar-refractivity contribution in [2.75, 3.05) is 40.5 Å². The number of aliphatic hydroxyl groups is 1. The van der Waals surface area contributed by atoms with E-state index in [4.69, 9.17) is 20.6 Å². The summed E-state index contributed by atoms with van der Waals surface area (Å²) >= 11 is 1.40. The zero-order valence-electron chi connectivity index (χ0n) is 18.7. The van der Waals surface area contributed by atoms with Gasteiger partial charge in [-0.25, -0.2) is 4.98 Å². The Morgan fingerprint density at radius 3 is 2.85 bits per heavy atom. The monoisotopic (exact) mass is 469 g/mol. The lowest BCUT2D eigenvalue weighted by molar-refractivity contribution is 0.0281. The van der Waals surface area contributed by atoms with Gasteiger partial charge in [-0.1, -0.05) is 18.1 Å². The number of fused-ring (bicyclic) bond motifs is 1. The molecular formula is C24H27N3O5S. The Balaban J connectivity index is 1.85. The molecule has 33 heavy (non-hydrogen) atoms. The molecule has 2 aromatic heterocycles. The minimum absolute atomic E-state index is 0.125. The third-order valence-electron chi connectivity index (χ3n) is 4.91. The Bertz CT molecular complexity index is 1200. The molecule has 3 rings (SSSR count). The number of H-pyrrole nitrogens is 1. The van der Waals surface area contributed by atoms with Crippen molar-refractivity contribution < 1.29 is 19.3 Å². The van der Waals surface area contributed by atoms with Gasteiger partial charge in [0.1, 0.15) is 17.3 Å². The van der Waals surface area contributed by atoms with Crippen molar-refractivity contribution in [3.8, 4) is 35.0 Å². The molecule has 0 fully saturated rings. The Labute approximate surface area is 196 Å². The van der Waals surface area contributed by atoms with E-state index >= 15 is 0 Å². The summed E-state index contributed by atoms with van der Waals surface area (Å²) in [5, 5.41) is 12.6. The fourth-order valence-electron chi connectivity index (χ4n) is 3.49. The molecule has 174 valence electrons. The number of hydrogen-bond donors (Lipinski definition) is 2. The Kier molecular flexibility index (Phi) is 8.63. The second-order valence-corrected chi connectivity index (χ2v) is 8.13.